The Labute approximate surface area is 123 Å². The van der Waals surface area contributed by atoms with Crippen LogP contribution in [0.25, 0.3) is 11.0 Å². The van der Waals surface area contributed by atoms with Crippen LogP contribution in [0.2, 0.25) is 5.02 Å². The summed E-state index contributed by atoms with van der Waals surface area (Å²) >= 11 is 6.04. The van der Waals surface area contributed by atoms with E-state index < -0.39 is 0 Å². The molecule has 0 aliphatic carbocycles. The second-order valence-electron chi connectivity index (χ2n) is 5.12. The van der Waals surface area contributed by atoms with Crippen LogP contribution in [0.1, 0.15) is 28.5 Å². The number of nitrogens with two attached hydrogens (primary N) is 1. The molecular weight excluding hydrogens is 270 g/mol. The number of halogens is 1. The van der Waals surface area contributed by atoms with Crippen molar-refractivity contribution >= 4 is 22.6 Å². The fraction of sp³-hybridized carbons (Fsp3) is 0.176. The van der Waals surface area contributed by atoms with Crippen molar-refractivity contribution in [2.45, 2.75) is 19.9 Å². The largest absolute Gasteiger partial charge is 0.459 e. The summed E-state index contributed by atoms with van der Waals surface area (Å²) in [6.07, 6.45) is 0. The van der Waals surface area contributed by atoms with Crippen molar-refractivity contribution < 1.29 is 4.42 Å². The maximum atomic E-state index is 6.34. The number of aryl methyl sites for hydroxylation is 2. The molecule has 0 saturated heterocycles. The van der Waals surface area contributed by atoms with Crippen molar-refractivity contribution in [1.29, 1.82) is 0 Å². The average molecular weight is 286 g/mol. The molecule has 0 amide bonds. The highest BCUT2D eigenvalue weighted by atomic mass is 35.5. The minimum Gasteiger partial charge on any atom is -0.459 e. The Bertz CT molecular complexity index is 759. The van der Waals surface area contributed by atoms with E-state index in [1.54, 1.807) is 0 Å². The third kappa shape index (κ3) is 2.21. The number of rotatable bonds is 2. The van der Waals surface area contributed by atoms with Crippen LogP contribution in [0.5, 0.6) is 0 Å². The van der Waals surface area contributed by atoms with Gasteiger partial charge in [0.25, 0.3) is 0 Å². The zero-order valence-corrected chi connectivity index (χ0v) is 12.2. The summed E-state index contributed by atoms with van der Waals surface area (Å²) < 4.78 is 5.92. The molecule has 2 N–H and O–H groups in total. The normalized spacial score (nSPS) is 12.8. The van der Waals surface area contributed by atoms with Crippen molar-refractivity contribution in [3.05, 3.63) is 69.9 Å². The van der Waals surface area contributed by atoms with Crippen molar-refractivity contribution in [2.24, 2.45) is 5.73 Å². The van der Waals surface area contributed by atoms with Crippen LogP contribution in [0, 0.1) is 13.8 Å². The quantitative estimate of drug-likeness (QED) is 0.738. The first kappa shape index (κ1) is 13.2. The summed E-state index contributed by atoms with van der Waals surface area (Å²) in [4.78, 5) is 0. The van der Waals surface area contributed by atoms with Gasteiger partial charge in [-0.05, 0) is 37.6 Å². The van der Waals surface area contributed by atoms with Crippen LogP contribution in [0.3, 0.4) is 0 Å². The van der Waals surface area contributed by atoms with E-state index in [1.807, 2.05) is 37.3 Å². The van der Waals surface area contributed by atoms with E-state index in [0.717, 1.165) is 27.9 Å². The first-order valence-corrected chi connectivity index (χ1v) is 6.95. The Morgan fingerprint density at radius 1 is 1.05 bits per heavy atom. The predicted molar refractivity (Wildman–Crippen MR) is 83.2 cm³/mol. The molecule has 102 valence electrons. The van der Waals surface area contributed by atoms with E-state index in [0.29, 0.717) is 5.02 Å². The van der Waals surface area contributed by atoms with E-state index >= 15 is 0 Å². The maximum Gasteiger partial charge on any atom is 0.134 e. The van der Waals surface area contributed by atoms with Crippen molar-refractivity contribution in [1.82, 2.24) is 0 Å². The molecule has 0 spiro atoms. The molecule has 0 radical (unpaired) electrons. The van der Waals surface area contributed by atoms with Gasteiger partial charge >= 0.3 is 0 Å². The minimum absolute atomic E-state index is 0.262. The van der Waals surface area contributed by atoms with Crippen LogP contribution in [-0.4, -0.2) is 0 Å². The van der Waals surface area contributed by atoms with Crippen molar-refractivity contribution in [3.8, 4) is 0 Å². The number of hydrogen-bond donors (Lipinski definition) is 1. The number of benzene rings is 2. The lowest BCUT2D eigenvalue weighted by Crippen LogP contribution is -2.11. The molecule has 3 rings (SSSR count). The summed E-state index contributed by atoms with van der Waals surface area (Å²) in [5.41, 5.74) is 10.5. The average Bonchev–Trinajstić information content (AvgIpc) is 2.76. The fourth-order valence-electron chi connectivity index (χ4n) is 2.43. The van der Waals surface area contributed by atoms with Gasteiger partial charge in [0, 0.05) is 16.0 Å². The van der Waals surface area contributed by atoms with Crippen LogP contribution >= 0.6 is 11.6 Å². The highest BCUT2D eigenvalue weighted by Crippen LogP contribution is 2.32. The molecule has 3 heteroatoms. The Morgan fingerprint density at radius 2 is 1.75 bits per heavy atom. The molecular formula is C17H16ClNO. The van der Waals surface area contributed by atoms with Crippen molar-refractivity contribution in [3.63, 3.8) is 0 Å². The first-order valence-electron chi connectivity index (χ1n) is 6.57. The second kappa shape index (κ2) is 4.97. The number of furan rings is 1. The van der Waals surface area contributed by atoms with Gasteiger partial charge in [-0.15, -0.1) is 0 Å². The van der Waals surface area contributed by atoms with Crippen LogP contribution in [0.15, 0.2) is 46.9 Å². The van der Waals surface area contributed by atoms with Gasteiger partial charge in [0.1, 0.15) is 11.3 Å². The lowest BCUT2D eigenvalue weighted by atomic mass is 10.0. The summed E-state index contributed by atoms with van der Waals surface area (Å²) in [6.45, 7) is 4.08. The molecule has 0 saturated carbocycles. The molecule has 20 heavy (non-hydrogen) atoms. The smallest absolute Gasteiger partial charge is 0.134 e. The highest BCUT2D eigenvalue weighted by Gasteiger charge is 2.18. The SMILES string of the molecule is Cc1ccc(C(N)c2oc3ccc(Cl)cc3c2C)cc1. The van der Waals surface area contributed by atoms with Crippen LogP contribution in [0.4, 0.5) is 0 Å². The van der Waals surface area contributed by atoms with Crippen LogP contribution < -0.4 is 5.73 Å². The molecule has 2 nitrogen and oxygen atoms in total. The summed E-state index contributed by atoms with van der Waals surface area (Å²) in [5.74, 6) is 0.797. The molecule has 1 atom stereocenters. The first-order chi connectivity index (χ1) is 9.56. The molecule has 2 aromatic carbocycles. The molecule has 0 fully saturated rings. The third-order valence-corrected chi connectivity index (χ3v) is 3.89. The number of fused-ring (bicyclic) bond motifs is 1. The van der Waals surface area contributed by atoms with Gasteiger partial charge in [0.15, 0.2) is 0 Å². The summed E-state index contributed by atoms with van der Waals surface area (Å²) in [7, 11) is 0. The fourth-order valence-corrected chi connectivity index (χ4v) is 2.61. The van der Waals surface area contributed by atoms with Gasteiger partial charge in [0.05, 0.1) is 6.04 Å². The molecule has 1 unspecified atom stereocenters. The summed E-state index contributed by atoms with van der Waals surface area (Å²) in [6, 6.07) is 13.6. The molecule has 1 aromatic heterocycles. The zero-order valence-electron chi connectivity index (χ0n) is 11.5. The zero-order chi connectivity index (χ0) is 14.3. The topological polar surface area (TPSA) is 39.2 Å². The van der Waals surface area contributed by atoms with E-state index in [2.05, 4.69) is 19.1 Å². The standard InChI is InChI=1S/C17H16ClNO/c1-10-3-5-12(6-4-10)16(19)17-11(2)14-9-13(18)7-8-15(14)20-17/h3-9,16H,19H2,1-2H3. The second-order valence-corrected chi connectivity index (χ2v) is 5.56. The van der Waals surface area contributed by atoms with Gasteiger partial charge in [-0.2, -0.15) is 0 Å². The van der Waals surface area contributed by atoms with Gasteiger partial charge in [0.2, 0.25) is 0 Å². The van der Waals surface area contributed by atoms with Gasteiger partial charge in [-0.3, -0.25) is 0 Å². The molecule has 0 aliphatic rings. The predicted octanol–water partition coefficient (Wildman–Crippen LogP) is 4.75. The Balaban J connectivity index is 2.09. The molecule has 0 aliphatic heterocycles. The Kier molecular flexibility index (Phi) is 3.28. The van der Waals surface area contributed by atoms with E-state index in [1.165, 1.54) is 5.56 Å². The molecule has 1 heterocycles. The molecule has 3 aromatic rings. The maximum absolute atomic E-state index is 6.34. The Morgan fingerprint density at radius 3 is 2.45 bits per heavy atom. The van der Waals surface area contributed by atoms with Crippen LogP contribution in [-0.2, 0) is 0 Å². The van der Waals surface area contributed by atoms with Crippen molar-refractivity contribution in [2.75, 3.05) is 0 Å². The highest BCUT2D eigenvalue weighted by molar-refractivity contribution is 6.31. The van der Waals surface area contributed by atoms with E-state index in [-0.39, 0.29) is 6.04 Å². The monoisotopic (exact) mass is 285 g/mol. The lowest BCUT2D eigenvalue weighted by Gasteiger charge is -2.10. The van der Waals surface area contributed by atoms with Gasteiger partial charge < -0.3 is 10.2 Å². The summed E-state index contributed by atoms with van der Waals surface area (Å²) in [5, 5.41) is 1.73. The molecule has 0 bridgehead atoms. The Hall–Kier alpha value is -1.77. The van der Waals surface area contributed by atoms with E-state index in [4.69, 9.17) is 21.8 Å². The third-order valence-electron chi connectivity index (χ3n) is 3.65. The number of hydrogen-bond acceptors (Lipinski definition) is 2. The van der Waals surface area contributed by atoms with Gasteiger partial charge in [-0.1, -0.05) is 41.4 Å². The van der Waals surface area contributed by atoms with Gasteiger partial charge in [-0.25, -0.2) is 0 Å². The lowest BCUT2D eigenvalue weighted by molar-refractivity contribution is 0.521. The minimum atomic E-state index is -0.262. The van der Waals surface area contributed by atoms with E-state index in [9.17, 15) is 0 Å².